The maximum Gasteiger partial charge on any atom is 0.119 e. The van der Waals surface area contributed by atoms with Crippen molar-refractivity contribution < 1.29 is 14.9 Å². The highest BCUT2D eigenvalue weighted by atomic mass is 32.2. The molecule has 0 radical (unpaired) electrons. The number of piperidine rings is 1. The average molecular weight is 482 g/mol. The normalized spacial score (nSPS) is 19.9. The van der Waals surface area contributed by atoms with E-state index in [1.54, 1.807) is 19.5 Å². The molecule has 0 aliphatic carbocycles. The molecule has 34 heavy (non-hydrogen) atoms. The van der Waals surface area contributed by atoms with Crippen LogP contribution in [-0.2, 0) is 0 Å². The van der Waals surface area contributed by atoms with E-state index in [2.05, 4.69) is 20.9 Å². The van der Waals surface area contributed by atoms with E-state index in [4.69, 9.17) is 4.74 Å². The smallest absolute Gasteiger partial charge is 0.119 e. The number of methoxy groups -OCH3 is 1. The summed E-state index contributed by atoms with van der Waals surface area (Å²) in [5, 5.41) is 22.0. The monoisotopic (exact) mass is 481 g/mol. The summed E-state index contributed by atoms with van der Waals surface area (Å²) in [4.78, 5) is 12.3. The zero-order chi connectivity index (χ0) is 23.8. The van der Waals surface area contributed by atoms with Crippen LogP contribution in [0.4, 0.5) is 0 Å². The number of aliphatic hydroxyl groups excluding tert-OH is 2. The average Bonchev–Trinajstić information content (AvgIpc) is 2.89. The molecule has 0 spiro atoms. The largest absolute Gasteiger partial charge is 0.497 e. The van der Waals surface area contributed by atoms with E-state index in [1.165, 1.54) is 4.90 Å². The molecule has 4 rings (SSSR count). The van der Waals surface area contributed by atoms with Crippen LogP contribution in [-0.4, -0.2) is 64.2 Å². The van der Waals surface area contributed by atoms with Crippen molar-refractivity contribution >= 4 is 22.7 Å². The molecule has 0 saturated carbocycles. The highest BCUT2D eigenvalue weighted by Crippen LogP contribution is 2.33. The lowest BCUT2D eigenvalue weighted by molar-refractivity contribution is 0.0581. The van der Waals surface area contributed by atoms with E-state index in [0.29, 0.717) is 12.3 Å². The van der Waals surface area contributed by atoms with Gasteiger partial charge in [0.1, 0.15) is 5.75 Å². The number of hydrogen-bond donors (Lipinski definition) is 2. The van der Waals surface area contributed by atoms with E-state index in [-0.39, 0.29) is 12.5 Å². The SMILES string of the molecule is COc1ccc2nccc([C@@H](O)CC[C@@H]3CCN(CCCSc4cccnc4)C[C@@H]3CO)c2c1. The predicted octanol–water partition coefficient (Wildman–Crippen LogP) is 4.56. The van der Waals surface area contributed by atoms with E-state index in [9.17, 15) is 10.2 Å². The van der Waals surface area contributed by atoms with Crippen molar-refractivity contribution in [3.63, 3.8) is 0 Å². The molecule has 3 heterocycles. The summed E-state index contributed by atoms with van der Waals surface area (Å²) in [6, 6.07) is 11.7. The Morgan fingerprint density at radius 1 is 1.21 bits per heavy atom. The first-order valence-electron chi connectivity index (χ1n) is 12.1. The lowest BCUT2D eigenvalue weighted by Crippen LogP contribution is -2.42. The summed E-state index contributed by atoms with van der Waals surface area (Å²) in [5.74, 6) is 2.54. The Labute approximate surface area is 206 Å². The molecule has 0 bridgehead atoms. The second-order valence-corrected chi connectivity index (χ2v) is 10.2. The second kappa shape index (κ2) is 12.5. The van der Waals surface area contributed by atoms with E-state index in [1.807, 2.05) is 48.3 Å². The Morgan fingerprint density at radius 2 is 2.12 bits per heavy atom. The molecule has 1 aliphatic rings. The van der Waals surface area contributed by atoms with Crippen molar-refractivity contribution in [2.24, 2.45) is 11.8 Å². The molecule has 0 unspecified atom stereocenters. The first kappa shape index (κ1) is 24.9. The summed E-state index contributed by atoms with van der Waals surface area (Å²) in [6.45, 7) is 3.26. The molecular formula is C27H35N3O3S. The molecule has 182 valence electrons. The van der Waals surface area contributed by atoms with Gasteiger partial charge in [-0.05, 0) is 98.3 Å². The van der Waals surface area contributed by atoms with Gasteiger partial charge in [0.15, 0.2) is 0 Å². The minimum absolute atomic E-state index is 0.205. The molecular weight excluding hydrogens is 446 g/mol. The highest BCUT2D eigenvalue weighted by Gasteiger charge is 2.29. The van der Waals surface area contributed by atoms with E-state index >= 15 is 0 Å². The van der Waals surface area contributed by atoms with Gasteiger partial charge in [-0.15, -0.1) is 11.8 Å². The number of ether oxygens (including phenoxy) is 1. The van der Waals surface area contributed by atoms with Crippen LogP contribution in [0, 0.1) is 11.8 Å². The molecule has 1 saturated heterocycles. The second-order valence-electron chi connectivity index (χ2n) is 9.06. The summed E-state index contributed by atoms with van der Waals surface area (Å²) in [6.07, 6.45) is 8.70. The van der Waals surface area contributed by atoms with Gasteiger partial charge in [-0.25, -0.2) is 0 Å². The number of aromatic nitrogens is 2. The fourth-order valence-electron chi connectivity index (χ4n) is 4.95. The third-order valence-corrected chi connectivity index (χ3v) is 7.95. The van der Waals surface area contributed by atoms with Crippen LogP contribution in [0.5, 0.6) is 5.75 Å². The number of pyridine rings is 2. The molecule has 2 N–H and O–H groups in total. The molecule has 1 aromatic carbocycles. The number of hydrogen-bond acceptors (Lipinski definition) is 7. The molecule has 0 amide bonds. The minimum atomic E-state index is -0.556. The molecule has 1 fully saturated rings. The quantitative estimate of drug-likeness (QED) is 0.307. The summed E-state index contributed by atoms with van der Waals surface area (Å²) in [5.41, 5.74) is 1.76. The Hall–Kier alpha value is -2.19. The van der Waals surface area contributed by atoms with E-state index < -0.39 is 6.10 Å². The number of thioether (sulfide) groups is 1. The van der Waals surface area contributed by atoms with Gasteiger partial charge < -0.3 is 19.8 Å². The van der Waals surface area contributed by atoms with Crippen molar-refractivity contribution in [2.75, 3.05) is 39.1 Å². The van der Waals surface area contributed by atoms with Gasteiger partial charge in [0.25, 0.3) is 0 Å². The van der Waals surface area contributed by atoms with Crippen LogP contribution in [0.2, 0.25) is 0 Å². The van der Waals surface area contributed by atoms with Crippen LogP contribution in [0.25, 0.3) is 10.9 Å². The Balaban J connectivity index is 1.26. The van der Waals surface area contributed by atoms with Crippen molar-refractivity contribution in [1.29, 1.82) is 0 Å². The summed E-state index contributed by atoms with van der Waals surface area (Å²) < 4.78 is 5.36. The van der Waals surface area contributed by atoms with Crippen LogP contribution in [0.15, 0.2) is 59.9 Å². The Bertz CT molecular complexity index is 1040. The molecule has 1 aliphatic heterocycles. The zero-order valence-corrected chi connectivity index (χ0v) is 20.7. The molecule has 7 heteroatoms. The lowest BCUT2D eigenvalue weighted by atomic mass is 9.81. The lowest BCUT2D eigenvalue weighted by Gasteiger charge is -2.38. The molecule has 2 aromatic heterocycles. The predicted molar refractivity (Wildman–Crippen MR) is 137 cm³/mol. The van der Waals surface area contributed by atoms with Crippen molar-refractivity contribution in [1.82, 2.24) is 14.9 Å². The first-order valence-corrected chi connectivity index (χ1v) is 13.1. The standard InChI is InChI=1S/C27H35N3O3S/c1-33-22-6-7-26-25(16-22)24(9-12-29-26)27(32)8-5-20-10-14-30(18-21(20)19-31)13-3-15-34-23-4-2-11-28-17-23/h2,4,6-7,9,11-12,16-17,20-21,27,31-32H,3,5,8,10,13-15,18-19H2,1H3/t20-,21-,27+/m1/s1. The summed E-state index contributed by atoms with van der Waals surface area (Å²) in [7, 11) is 1.65. The van der Waals surface area contributed by atoms with Crippen LogP contribution < -0.4 is 4.74 Å². The van der Waals surface area contributed by atoms with Gasteiger partial charge in [0, 0.05) is 42.0 Å². The van der Waals surface area contributed by atoms with Crippen LogP contribution in [0.1, 0.15) is 37.4 Å². The molecule has 6 nitrogen and oxygen atoms in total. The van der Waals surface area contributed by atoms with Crippen molar-refractivity contribution in [2.45, 2.75) is 36.7 Å². The summed E-state index contributed by atoms with van der Waals surface area (Å²) >= 11 is 1.85. The van der Waals surface area contributed by atoms with E-state index in [0.717, 1.165) is 66.9 Å². The number of fused-ring (bicyclic) bond motifs is 1. The van der Waals surface area contributed by atoms with Gasteiger partial charge in [0.2, 0.25) is 0 Å². The van der Waals surface area contributed by atoms with Gasteiger partial charge in [-0.3, -0.25) is 9.97 Å². The Morgan fingerprint density at radius 3 is 2.91 bits per heavy atom. The van der Waals surface area contributed by atoms with Crippen molar-refractivity contribution in [3.05, 3.63) is 60.6 Å². The maximum atomic E-state index is 11.0. The number of benzene rings is 1. The number of aliphatic hydroxyl groups is 2. The zero-order valence-electron chi connectivity index (χ0n) is 19.8. The fraction of sp³-hybridized carbons (Fsp3) is 0.481. The van der Waals surface area contributed by atoms with Crippen molar-refractivity contribution in [3.8, 4) is 5.75 Å². The Kier molecular flexibility index (Phi) is 9.16. The van der Waals surface area contributed by atoms with Gasteiger partial charge >= 0.3 is 0 Å². The number of nitrogens with zero attached hydrogens (tertiary/aromatic N) is 3. The molecule has 3 atom stereocenters. The molecule has 3 aromatic rings. The van der Waals surface area contributed by atoms with Crippen LogP contribution in [0.3, 0.4) is 0 Å². The number of likely N-dealkylation sites (tertiary alicyclic amines) is 1. The van der Waals surface area contributed by atoms with Crippen LogP contribution >= 0.6 is 11.8 Å². The highest BCUT2D eigenvalue weighted by molar-refractivity contribution is 7.99. The van der Waals surface area contributed by atoms with Gasteiger partial charge in [0.05, 0.1) is 18.7 Å². The maximum absolute atomic E-state index is 11.0. The first-order chi connectivity index (χ1) is 16.7. The number of rotatable bonds is 11. The fourth-order valence-corrected chi connectivity index (χ4v) is 5.77. The third-order valence-electron chi connectivity index (χ3n) is 6.88. The third kappa shape index (κ3) is 6.48. The topological polar surface area (TPSA) is 78.7 Å². The minimum Gasteiger partial charge on any atom is -0.497 e. The van der Waals surface area contributed by atoms with Gasteiger partial charge in [-0.1, -0.05) is 0 Å². The van der Waals surface area contributed by atoms with Gasteiger partial charge in [-0.2, -0.15) is 0 Å².